The molecular weight excluding hydrogens is 268 g/mol. The number of nitrogens with zero attached hydrogens (tertiary/aromatic N) is 1. The van der Waals surface area contributed by atoms with Crippen molar-refractivity contribution in [2.75, 3.05) is 27.4 Å². The Hall–Kier alpha value is -1.08. The molecule has 0 unspecified atom stereocenters. The van der Waals surface area contributed by atoms with Crippen molar-refractivity contribution in [3.05, 3.63) is 35.4 Å². The van der Waals surface area contributed by atoms with E-state index in [9.17, 15) is 13.9 Å². The Morgan fingerprint density at radius 3 is 2.85 bits per heavy atom. The van der Waals surface area contributed by atoms with Gasteiger partial charge in [-0.05, 0) is 25.2 Å². The van der Waals surface area contributed by atoms with Crippen LogP contribution >= 0.6 is 0 Å². The SMILES string of the molecule is CO[C@@H]1COC[C@@H](N(C)Cc2cc(F)ccc2F)[C@@H]1O. The van der Waals surface area contributed by atoms with Crippen molar-refractivity contribution in [1.82, 2.24) is 4.90 Å². The van der Waals surface area contributed by atoms with Gasteiger partial charge in [0.05, 0.1) is 19.3 Å². The molecule has 1 aliphatic heterocycles. The Bertz CT molecular complexity index is 458. The van der Waals surface area contributed by atoms with Crippen LogP contribution in [0.1, 0.15) is 5.56 Å². The van der Waals surface area contributed by atoms with Crippen LogP contribution in [0.25, 0.3) is 0 Å². The smallest absolute Gasteiger partial charge is 0.127 e. The summed E-state index contributed by atoms with van der Waals surface area (Å²) < 4.78 is 37.3. The van der Waals surface area contributed by atoms with Gasteiger partial charge in [-0.1, -0.05) is 0 Å². The number of hydrogen-bond donors (Lipinski definition) is 1. The maximum absolute atomic E-state index is 13.6. The number of rotatable bonds is 4. The summed E-state index contributed by atoms with van der Waals surface area (Å²) in [6.45, 7) is 0.843. The molecule has 0 amide bonds. The monoisotopic (exact) mass is 287 g/mol. The van der Waals surface area contributed by atoms with Crippen LogP contribution in [-0.2, 0) is 16.0 Å². The molecule has 20 heavy (non-hydrogen) atoms. The normalized spacial score (nSPS) is 27.0. The van der Waals surface area contributed by atoms with Gasteiger partial charge in [-0.3, -0.25) is 4.90 Å². The fourth-order valence-corrected chi connectivity index (χ4v) is 2.40. The van der Waals surface area contributed by atoms with Gasteiger partial charge in [0, 0.05) is 19.2 Å². The van der Waals surface area contributed by atoms with Crippen LogP contribution in [0.2, 0.25) is 0 Å². The van der Waals surface area contributed by atoms with E-state index >= 15 is 0 Å². The van der Waals surface area contributed by atoms with Gasteiger partial charge in [-0.2, -0.15) is 0 Å². The average Bonchev–Trinajstić information content (AvgIpc) is 2.43. The van der Waals surface area contributed by atoms with Gasteiger partial charge in [0.2, 0.25) is 0 Å². The van der Waals surface area contributed by atoms with E-state index in [1.54, 1.807) is 11.9 Å². The summed E-state index contributed by atoms with van der Waals surface area (Å²) in [5.74, 6) is -0.947. The molecule has 0 saturated carbocycles. The number of benzene rings is 1. The Morgan fingerprint density at radius 1 is 1.40 bits per heavy atom. The van der Waals surface area contributed by atoms with Crippen LogP contribution in [0.15, 0.2) is 18.2 Å². The summed E-state index contributed by atoms with van der Waals surface area (Å²) in [5, 5.41) is 10.2. The first-order valence-corrected chi connectivity index (χ1v) is 6.45. The fourth-order valence-electron chi connectivity index (χ4n) is 2.40. The summed E-state index contributed by atoms with van der Waals surface area (Å²) in [4.78, 5) is 1.74. The number of aliphatic hydroxyl groups excluding tert-OH is 1. The van der Waals surface area contributed by atoms with Crippen LogP contribution < -0.4 is 0 Å². The van der Waals surface area contributed by atoms with Crippen molar-refractivity contribution in [2.24, 2.45) is 0 Å². The van der Waals surface area contributed by atoms with Crippen LogP contribution in [0.3, 0.4) is 0 Å². The van der Waals surface area contributed by atoms with E-state index in [1.807, 2.05) is 0 Å². The zero-order valence-electron chi connectivity index (χ0n) is 11.6. The predicted octanol–water partition coefficient (Wildman–Crippen LogP) is 1.17. The highest BCUT2D eigenvalue weighted by Gasteiger charge is 2.35. The average molecular weight is 287 g/mol. The predicted molar refractivity (Wildman–Crippen MR) is 69.2 cm³/mol. The lowest BCUT2D eigenvalue weighted by atomic mass is 10.0. The molecule has 1 aromatic carbocycles. The molecular formula is C14H19F2NO3. The van der Waals surface area contributed by atoms with Gasteiger partial charge in [-0.25, -0.2) is 8.78 Å². The fraction of sp³-hybridized carbons (Fsp3) is 0.571. The summed E-state index contributed by atoms with van der Waals surface area (Å²) in [6.07, 6.45) is -1.14. The highest BCUT2D eigenvalue weighted by Crippen LogP contribution is 2.19. The molecule has 0 spiro atoms. The minimum absolute atomic E-state index is 0.186. The molecule has 1 aliphatic rings. The Labute approximate surface area is 116 Å². The van der Waals surface area contributed by atoms with E-state index in [0.29, 0.717) is 13.2 Å². The lowest BCUT2D eigenvalue weighted by Gasteiger charge is -2.39. The third kappa shape index (κ3) is 3.32. The number of ether oxygens (including phenoxy) is 2. The Morgan fingerprint density at radius 2 is 2.15 bits per heavy atom. The maximum Gasteiger partial charge on any atom is 0.127 e. The molecule has 2 rings (SSSR count). The lowest BCUT2D eigenvalue weighted by Crippen LogP contribution is -2.55. The summed E-state index contributed by atoms with van der Waals surface area (Å²) >= 11 is 0. The largest absolute Gasteiger partial charge is 0.389 e. The molecule has 1 aromatic rings. The quantitative estimate of drug-likeness (QED) is 0.903. The second kappa shape index (κ2) is 6.58. The van der Waals surface area contributed by atoms with Gasteiger partial charge in [-0.15, -0.1) is 0 Å². The summed E-state index contributed by atoms with van der Waals surface area (Å²) in [6, 6.07) is 3.02. The minimum atomic E-state index is -0.727. The van der Waals surface area contributed by atoms with Crippen molar-refractivity contribution >= 4 is 0 Å². The minimum Gasteiger partial charge on any atom is -0.389 e. The first-order chi connectivity index (χ1) is 9.52. The van der Waals surface area contributed by atoms with Crippen molar-refractivity contribution < 1.29 is 23.4 Å². The Balaban J connectivity index is 2.07. The third-order valence-electron chi connectivity index (χ3n) is 3.64. The first-order valence-electron chi connectivity index (χ1n) is 6.45. The second-order valence-electron chi connectivity index (χ2n) is 5.02. The van der Waals surface area contributed by atoms with Crippen molar-refractivity contribution in [3.63, 3.8) is 0 Å². The highest BCUT2D eigenvalue weighted by molar-refractivity contribution is 5.18. The maximum atomic E-state index is 13.6. The van der Waals surface area contributed by atoms with E-state index in [1.165, 1.54) is 7.11 Å². The van der Waals surface area contributed by atoms with E-state index in [4.69, 9.17) is 9.47 Å². The molecule has 6 heteroatoms. The molecule has 4 nitrogen and oxygen atoms in total. The Kier molecular flexibility index (Phi) is 5.04. The van der Waals surface area contributed by atoms with Crippen molar-refractivity contribution in [2.45, 2.75) is 24.8 Å². The van der Waals surface area contributed by atoms with E-state index in [2.05, 4.69) is 0 Å². The van der Waals surface area contributed by atoms with Gasteiger partial charge >= 0.3 is 0 Å². The summed E-state index contributed by atoms with van der Waals surface area (Å²) in [7, 11) is 3.24. The van der Waals surface area contributed by atoms with E-state index in [0.717, 1.165) is 18.2 Å². The third-order valence-corrected chi connectivity index (χ3v) is 3.64. The van der Waals surface area contributed by atoms with Gasteiger partial charge < -0.3 is 14.6 Å². The van der Waals surface area contributed by atoms with Gasteiger partial charge in [0.1, 0.15) is 23.8 Å². The molecule has 0 aromatic heterocycles. The molecule has 1 heterocycles. The molecule has 0 aliphatic carbocycles. The second-order valence-corrected chi connectivity index (χ2v) is 5.02. The van der Waals surface area contributed by atoms with Crippen molar-refractivity contribution in [1.29, 1.82) is 0 Å². The number of halogens is 2. The number of methoxy groups -OCH3 is 1. The summed E-state index contributed by atoms with van der Waals surface area (Å²) in [5.41, 5.74) is 0.249. The van der Waals surface area contributed by atoms with Crippen molar-refractivity contribution in [3.8, 4) is 0 Å². The van der Waals surface area contributed by atoms with E-state index < -0.39 is 23.8 Å². The van der Waals surface area contributed by atoms with Gasteiger partial charge in [0.15, 0.2) is 0 Å². The van der Waals surface area contributed by atoms with Crippen LogP contribution in [0.4, 0.5) is 8.78 Å². The van der Waals surface area contributed by atoms with E-state index in [-0.39, 0.29) is 18.2 Å². The highest BCUT2D eigenvalue weighted by atomic mass is 19.1. The molecule has 0 radical (unpaired) electrons. The first kappa shape index (κ1) is 15.3. The molecule has 0 bridgehead atoms. The zero-order valence-corrected chi connectivity index (χ0v) is 11.6. The van der Waals surface area contributed by atoms with Crippen LogP contribution in [-0.4, -0.2) is 55.6 Å². The zero-order chi connectivity index (χ0) is 14.7. The molecule has 112 valence electrons. The molecule has 1 fully saturated rings. The van der Waals surface area contributed by atoms with Crippen LogP contribution in [0, 0.1) is 11.6 Å². The molecule has 1 saturated heterocycles. The topological polar surface area (TPSA) is 41.9 Å². The molecule has 3 atom stereocenters. The van der Waals surface area contributed by atoms with Gasteiger partial charge in [0.25, 0.3) is 0 Å². The number of likely N-dealkylation sites (N-methyl/N-ethyl adjacent to an activating group) is 1. The lowest BCUT2D eigenvalue weighted by molar-refractivity contribution is -0.142. The van der Waals surface area contributed by atoms with Crippen LogP contribution in [0.5, 0.6) is 0 Å². The standard InChI is InChI=1S/C14H19F2NO3/c1-17(6-9-5-10(15)3-4-11(9)16)12-7-20-8-13(19-2)14(12)18/h3-5,12-14,18H,6-8H2,1-2H3/t12-,13-,14+/m1/s1. The number of aliphatic hydroxyl groups is 1. The number of hydrogen-bond acceptors (Lipinski definition) is 4. The molecule has 1 N–H and O–H groups in total.